The molecule has 0 spiro atoms. The summed E-state index contributed by atoms with van der Waals surface area (Å²) in [5, 5.41) is 10.1. The molecular formula is C19H18N2O3. The lowest BCUT2D eigenvalue weighted by atomic mass is 10.1. The molecule has 0 radical (unpaired) electrons. The Balaban J connectivity index is 1.77. The summed E-state index contributed by atoms with van der Waals surface area (Å²) < 4.78 is 5.71. The van der Waals surface area contributed by atoms with Crippen LogP contribution in [-0.4, -0.2) is 28.7 Å². The molecule has 3 rings (SSSR count). The van der Waals surface area contributed by atoms with E-state index >= 15 is 0 Å². The van der Waals surface area contributed by atoms with E-state index in [2.05, 4.69) is 4.98 Å². The molecule has 2 aromatic carbocycles. The lowest BCUT2D eigenvalue weighted by Crippen LogP contribution is -2.30. The molecule has 5 heteroatoms. The minimum absolute atomic E-state index is 0.118. The summed E-state index contributed by atoms with van der Waals surface area (Å²) in [6.07, 6.45) is 2.29. The van der Waals surface area contributed by atoms with Crippen LogP contribution < -0.4 is 10.5 Å². The molecule has 3 N–H and O–H groups in total. The molecule has 1 aromatic heterocycles. The van der Waals surface area contributed by atoms with Gasteiger partial charge in [-0.05, 0) is 30.2 Å². The normalized spacial score (nSPS) is 12.0. The van der Waals surface area contributed by atoms with Crippen LogP contribution in [0.5, 0.6) is 5.75 Å². The summed E-state index contributed by atoms with van der Waals surface area (Å²) in [7, 11) is 0. The number of aromatic nitrogens is 1. The molecule has 0 saturated carbocycles. The molecular weight excluding hydrogens is 304 g/mol. The van der Waals surface area contributed by atoms with E-state index < -0.39 is 5.97 Å². The number of carbonyl (C=O) groups is 1. The highest BCUT2D eigenvalue weighted by molar-refractivity contribution is 6.05. The Morgan fingerprint density at radius 2 is 1.92 bits per heavy atom. The van der Waals surface area contributed by atoms with E-state index in [1.54, 1.807) is 30.5 Å². The van der Waals surface area contributed by atoms with Crippen LogP contribution in [0.25, 0.3) is 10.9 Å². The number of nitrogens with two attached hydrogens (primary N) is 1. The number of rotatable bonds is 6. The van der Waals surface area contributed by atoms with Crippen LogP contribution in [0.4, 0.5) is 0 Å². The van der Waals surface area contributed by atoms with Gasteiger partial charge in [0.1, 0.15) is 17.9 Å². The van der Waals surface area contributed by atoms with Gasteiger partial charge in [-0.3, -0.25) is 4.98 Å². The minimum atomic E-state index is -1.04. The fraction of sp³-hybridized carbons (Fsp3) is 0.158. The molecule has 0 amide bonds. The predicted molar refractivity (Wildman–Crippen MR) is 92.3 cm³/mol. The standard InChI is InChI=1S/C19H18N2O3/c20-14(11-13-5-2-1-3-6-13)12-24-17-9-8-16-15(7-4-10-21-16)18(17)19(22)23/h1-10,14H,11-12,20H2,(H,22,23)/t14-/m1/s1. The quantitative estimate of drug-likeness (QED) is 0.729. The summed E-state index contributed by atoms with van der Waals surface area (Å²) in [4.78, 5) is 15.8. The molecule has 5 nitrogen and oxygen atoms in total. The minimum Gasteiger partial charge on any atom is -0.491 e. The van der Waals surface area contributed by atoms with Crippen LogP contribution in [0.3, 0.4) is 0 Å². The number of benzene rings is 2. The van der Waals surface area contributed by atoms with Crippen LogP contribution in [-0.2, 0) is 6.42 Å². The van der Waals surface area contributed by atoms with E-state index in [1.807, 2.05) is 30.3 Å². The first kappa shape index (κ1) is 16.0. The summed E-state index contributed by atoms with van der Waals surface area (Å²) in [5.41, 5.74) is 7.97. The van der Waals surface area contributed by atoms with E-state index in [1.165, 1.54) is 0 Å². The van der Waals surface area contributed by atoms with Gasteiger partial charge >= 0.3 is 5.97 Å². The summed E-state index contributed by atoms with van der Waals surface area (Å²) in [5.74, 6) is -0.730. The number of aromatic carboxylic acids is 1. The van der Waals surface area contributed by atoms with E-state index in [0.717, 1.165) is 5.56 Å². The van der Waals surface area contributed by atoms with Gasteiger partial charge in [-0.1, -0.05) is 36.4 Å². The number of fused-ring (bicyclic) bond motifs is 1. The van der Waals surface area contributed by atoms with Crippen LogP contribution in [0.15, 0.2) is 60.8 Å². The molecule has 0 fully saturated rings. The van der Waals surface area contributed by atoms with Crippen molar-refractivity contribution in [3.8, 4) is 5.75 Å². The third-order valence-electron chi connectivity index (χ3n) is 3.75. The number of carboxylic acid groups (broad SMARTS) is 1. The number of nitrogens with zero attached hydrogens (tertiary/aromatic N) is 1. The Morgan fingerprint density at radius 1 is 1.12 bits per heavy atom. The van der Waals surface area contributed by atoms with Crippen molar-refractivity contribution in [2.45, 2.75) is 12.5 Å². The largest absolute Gasteiger partial charge is 0.491 e. The van der Waals surface area contributed by atoms with Gasteiger partial charge in [0.05, 0.1) is 5.52 Å². The zero-order valence-electron chi connectivity index (χ0n) is 13.1. The lowest BCUT2D eigenvalue weighted by Gasteiger charge is -2.15. The molecule has 0 saturated heterocycles. The van der Waals surface area contributed by atoms with E-state index in [0.29, 0.717) is 23.1 Å². The average molecular weight is 322 g/mol. The SMILES string of the molecule is N[C@@H](COc1ccc2ncccc2c1C(=O)O)Cc1ccccc1. The molecule has 122 valence electrons. The second-order valence-corrected chi connectivity index (χ2v) is 5.57. The summed E-state index contributed by atoms with van der Waals surface area (Å²) >= 11 is 0. The number of hydrogen-bond acceptors (Lipinski definition) is 4. The van der Waals surface area contributed by atoms with Gasteiger partial charge in [0.2, 0.25) is 0 Å². The predicted octanol–water partition coefficient (Wildman–Crippen LogP) is 2.88. The molecule has 0 aliphatic carbocycles. The van der Waals surface area contributed by atoms with E-state index in [4.69, 9.17) is 10.5 Å². The highest BCUT2D eigenvalue weighted by Crippen LogP contribution is 2.27. The Kier molecular flexibility index (Phi) is 4.72. The first-order valence-corrected chi connectivity index (χ1v) is 7.68. The van der Waals surface area contributed by atoms with Crippen molar-refractivity contribution in [1.82, 2.24) is 4.98 Å². The van der Waals surface area contributed by atoms with Gasteiger partial charge in [0, 0.05) is 17.6 Å². The third kappa shape index (κ3) is 3.52. The van der Waals surface area contributed by atoms with Gasteiger partial charge in [0.15, 0.2) is 0 Å². The molecule has 0 unspecified atom stereocenters. The van der Waals surface area contributed by atoms with Crippen molar-refractivity contribution < 1.29 is 14.6 Å². The Bertz CT molecular complexity index is 850. The molecule has 3 aromatic rings. The van der Waals surface area contributed by atoms with Crippen LogP contribution in [0, 0.1) is 0 Å². The van der Waals surface area contributed by atoms with Gasteiger partial charge in [-0.15, -0.1) is 0 Å². The van der Waals surface area contributed by atoms with Crippen molar-refractivity contribution in [2.75, 3.05) is 6.61 Å². The Labute approximate surface area is 139 Å². The second-order valence-electron chi connectivity index (χ2n) is 5.57. The van der Waals surface area contributed by atoms with Crippen molar-refractivity contribution in [2.24, 2.45) is 5.73 Å². The van der Waals surface area contributed by atoms with Crippen LogP contribution in [0.1, 0.15) is 15.9 Å². The zero-order chi connectivity index (χ0) is 16.9. The molecule has 0 aliphatic rings. The number of hydrogen-bond donors (Lipinski definition) is 2. The smallest absolute Gasteiger partial charge is 0.340 e. The summed E-state index contributed by atoms with van der Waals surface area (Å²) in [6, 6.07) is 16.5. The summed E-state index contributed by atoms with van der Waals surface area (Å²) in [6.45, 7) is 0.237. The maximum atomic E-state index is 11.6. The van der Waals surface area contributed by atoms with Gasteiger partial charge in [-0.2, -0.15) is 0 Å². The zero-order valence-corrected chi connectivity index (χ0v) is 13.1. The topological polar surface area (TPSA) is 85.4 Å². The van der Waals surface area contributed by atoms with Crippen molar-refractivity contribution >= 4 is 16.9 Å². The van der Waals surface area contributed by atoms with Crippen molar-refractivity contribution in [1.29, 1.82) is 0 Å². The maximum Gasteiger partial charge on any atom is 0.340 e. The highest BCUT2D eigenvalue weighted by atomic mass is 16.5. The molecule has 0 bridgehead atoms. The van der Waals surface area contributed by atoms with Gasteiger partial charge < -0.3 is 15.6 Å². The second kappa shape index (κ2) is 7.10. The van der Waals surface area contributed by atoms with E-state index in [-0.39, 0.29) is 18.2 Å². The molecule has 24 heavy (non-hydrogen) atoms. The fourth-order valence-corrected chi connectivity index (χ4v) is 2.65. The number of pyridine rings is 1. The van der Waals surface area contributed by atoms with E-state index in [9.17, 15) is 9.90 Å². The molecule has 1 heterocycles. The fourth-order valence-electron chi connectivity index (χ4n) is 2.65. The Hall–Kier alpha value is -2.92. The van der Waals surface area contributed by atoms with Gasteiger partial charge in [-0.25, -0.2) is 4.79 Å². The van der Waals surface area contributed by atoms with Crippen LogP contribution in [0.2, 0.25) is 0 Å². The number of ether oxygens (including phenoxy) is 1. The van der Waals surface area contributed by atoms with Gasteiger partial charge in [0.25, 0.3) is 0 Å². The number of carboxylic acids is 1. The first-order chi connectivity index (χ1) is 11.6. The average Bonchev–Trinajstić information content (AvgIpc) is 2.60. The maximum absolute atomic E-state index is 11.6. The monoisotopic (exact) mass is 322 g/mol. The Morgan fingerprint density at radius 3 is 2.67 bits per heavy atom. The van der Waals surface area contributed by atoms with Crippen molar-refractivity contribution in [3.63, 3.8) is 0 Å². The molecule has 1 atom stereocenters. The first-order valence-electron chi connectivity index (χ1n) is 7.68. The lowest BCUT2D eigenvalue weighted by molar-refractivity contribution is 0.0694. The highest BCUT2D eigenvalue weighted by Gasteiger charge is 2.17. The van der Waals surface area contributed by atoms with Crippen molar-refractivity contribution in [3.05, 3.63) is 71.9 Å². The van der Waals surface area contributed by atoms with Crippen LogP contribution >= 0.6 is 0 Å². The third-order valence-corrected chi connectivity index (χ3v) is 3.75. The molecule has 0 aliphatic heterocycles.